The summed E-state index contributed by atoms with van der Waals surface area (Å²) < 4.78 is 32.5. The van der Waals surface area contributed by atoms with E-state index < -0.39 is 22.5 Å². The van der Waals surface area contributed by atoms with Crippen molar-refractivity contribution in [3.05, 3.63) is 88.9 Å². The van der Waals surface area contributed by atoms with Crippen molar-refractivity contribution in [1.82, 2.24) is 9.73 Å². The molecular weight excluding hydrogens is 466 g/mol. The third-order valence-corrected chi connectivity index (χ3v) is 6.64. The molecule has 0 aliphatic rings. The summed E-state index contributed by atoms with van der Waals surface area (Å²) >= 11 is 5.88. The van der Waals surface area contributed by atoms with Crippen molar-refractivity contribution >= 4 is 33.7 Å². The molecule has 0 unspecified atom stereocenters. The number of halogens is 1. The lowest BCUT2D eigenvalue weighted by molar-refractivity contribution is -0.121. The summed E-state index contributed by atoms with van der Waals surface area (Å²) in [6, 6.07) is 19.3. The lowest BCUT2D eigenvalue weighted by Crippen LogP contribution is -2.39. The molecule has 0 aliphatic carbocycles. The van der Waals surface area contributed by atoms with Gasteiger partial charge in [0.2, 0.25) is 10.0 Å². The molecule has 0 fully saturated rings. The van der Waals surface area contributed by atoms with Gasteiger partial charge in [0.05, 0.1) is 24.8 Å². The number of amides is 1. The van der Waals surface area contributed by atoms with Crippen LogP contribution >= 0.6 is 11.6 Å². The fourth-order valence-corrected chi connectivity index (χ4v) is 4.43. The van der Waals surface area contributed by atoms with Gasteiger partial charge in [-0.25, -0.2) is 13.8 Å². The van der Waals surface area contributed by atoms with E-state index >= 15 is 0 Å². The van der Waals surface area contributed by atoms with E-state index in [-0.39, 0.29) is 22.9 Å². The Balaban J connectivity index is 1.76. The summed E-state index contributed by atoms with van der Waals surface area (Å²) in [6.07, 6.45) is 1.36. The molecule has 0 aliphatic heterocycles. The van der Waals surface area contributed by atoms with Gasteiger partial charge in [-0.15, -0.1) is 0 Å². The first kappa shape index (κ1) is 24.2. The Labute approximate surface area is 197 Å². The summed E-state index contributed by atoms with van der Waals surface area (Å²) in [5.74, 6) is -0.388. The predicted molar refractivity (Wildman–Crippen MR) is 126 cm³/mol. The Kier molecular flexibility index (Phi) is 8.05. The van der Waals surface area contributed by atoms with Crippen LogP contribution in [0, 0.1) is 0 Å². The molecule has 3 aromatic rings. The molecule has 1 amide bonds. The summed E-state index contributed by atoms with van der Waals surface area (Å²) in [5, 5.41) is 13.9. The molecule has 8 nitrogen and oxygen atoms in total. The second-order valence-corrected chi connectivity index (χ2v) is 9.31. The Morgan fingerprint density at radius 3 is 2.48 bits per heavy atom. The number of nitrogens with zero attached hydrogens (tertiary/aromatic N) is 2. The van der Waals surface area contributed by atoms with Gasteiger partial charge in [-0.05, 0) is 53.6 Å². The molecular formula is C23H22ClN3O5S. The lowest BCUT2D eigenvalue weighted by atomic mass is 10.2. The molecule has 33 heavy (non-hydrogen) atoms. The van der Waals surface area contributed by atoms with Gasteiger partial charge in [-0.1, -0.05) is 41.9 Å². The van der Waals surface area contributed by atoms with E-state index in [2.05, 4.69) is 10.5 Å². The highest BCUT2D eigenvalue weighted by Crippen LogP contribution is 2.25. The number of hydrogen-bond donors (Lipinski definition) is 2. The van der Waals surface area contributed by atoms with E-state index in [9.17, 15) is 18.3 Å². The number of hydrogen-bond acceptors (Lipinski definition) is 6. The van der Waals surface area contributed by atoms with Gasteiger partial charge >= 0.3 is 0 Å². The van der Waals surface area contributed by atoms with Crippen molar-refractivity contribution in [2.75, 3.05) is 13.7 Å². The number of nitrogens with one attached hydrogen (secondary N) is 1. The second-order valence-electron chi connectivity index (χ2n) is 6.94. The van der Waals surface area contributed by atoms with Crippen LogP contribution < -0.4 is 10.2 Å². The van der Waals surface area contributed by atoms with Crippen LogP contribution in [0.2, 0.25) is 5.02 Å². The molecule has 172 valence electrons. The van der Waals surface area contributed by atoms with E-state index in [1.54, 1.807) is 30.3 Å². The van der Waals surface area contributed by atoms with Crippen molar-refractivity contribution in [1.29, 1.82) is 0 Å². The van der Waals surface area contributed by atoms with Crippen LogP contribution in [0.5, 0.6) is 11.5 Å². The van der Waals surface area contributed by atoms with Gasteiger partial charge in [0, 0.05) is 11.6 Å². The minimum atomic E-state index is -3.98. The summed E-state index contributed by atoms with van der Waals surface area (Å²) in [4.78, 5) is 12.5. The number of carbonyl (C=O) groups is 1. The average Bonchev–Trinajstić information content (AvgIpc) is 2.80. The van der Waals surface area contributed by atoms with Gasteiger partial charge in [-0.2, -0.15) is 9.41 Å². The maximum absolute atomic E-state index is 13.2. The number of sulfonamides is 1. The van der Waals surface area contributed by atoms with Gasteiger partial charge in [-0.3, -0.25) is 4.79 Å². The van der Waals surface area contributed by atoms with Crippen LogP contribution in [0.3, 0.4) is 0 Å². The molecule has 0 saturated carbocycles. The number of hydrazone groups is 1. The first-order valence-electron chi connectivity index (χ1n) is 9.78. The van der Waals surface area contributed by atoms with Crippen molar-refractivity contribution < 1.29 is 23.1 Å². The number of phenolic OH excluding ortho intramolecular Hbond substituents is 1. The number of rotatable bonds is 9. The summed E-state index contributed by atoms with van der Waals surface area (Å²) in [6.45, 7) is -0.450. The van der Waals surface area contributed by atoms with E-state index in [1.807, 2.05) is 6.07 Å². The van der Waals surface area contributed by atoms with Crippen molar-refractivity contribution in [2.45, 2.75) is 11.4 Å². The molecule has 0 aromatic heterocycles. The number of benzene rings is 3. The zero-order chi connectivity index (χ0) is 23.8. The van der Waals surface area contributed by atoms with Gasteiger partial charge in [0.25, 0.3) is 5.91 Å². The van der Waals surface area contributed by atoms with Crippen LogP contribution in [0.25, 0.3) is 0 Å². The van der Waals surface area contributed by atoms with Crippen LogP contribution in [0.4, 0.5) is 0 Å². The molecule has 0 atom stereocenters. The number of aromatic hydroxyl groups is 1. The Hall–Kier alpha value is -3.40. The van der Waals surface area contributed by atoms with Gasteiger partial charge < -0.3 is 9.84 Å². The standard InChI is InChI=1S/C23H22ClN3O5S/c1-32-22-13-18(7-12-21(22)28)14-25-26-23(29)16-27(15-17-5-3-2-4-6-17)33(30,31)20-10-8-19(24)9-11-20/h2-14,28H,15-16H2,1H3,(H,26,29)/b25-14-. The van der Waals surface area contributed by atoms with Crippen LogP contribution in [0.15, 0.2) is 82.8 Å². The molecule has 10 heteroatoms. The zero-order valence-electron chi connectivity index (χ0n) is 17.7. The van der Waals surface area contributed by atoms with E-state index in [0.717, 1.165) is 9.87 Å². The minimum Gasteiger partial charge on any atom is -0.504 e. The maximum Gasteiger partial charge on any atom is 0.255 e. The summed E-state index contributed by atoms with van der Waals surface area (Å²) in [7, 11) is -2.57. The average molecular weight is 488 g/mol. The first-order valence-corrected chi connectivity index (χ1v) is 11.6. The Morgan fingerprint density at radius 1 is 1.12 bits per heavy atom. The molecule has 0 heterocycles. The molecule has 0 bridgehead atoms. The fraction of sp³-hybridized carbons (Fsp3) is 0.130. The molecule has 0 spiro atoms. The van der Waals surface area contributed by atoms with E-state index in [1.165, 1.54) is 49.7 Å². The highest BCUT2D eigenvalue weighted by atomic mass is 35.5. The maximum atomic E-state index is 13.2. The van der Waals surface area contributed by atoms with Crippen LogP contribution in [0.1, 0.15) is 11.1 Å². The molecule has 3 aromatic carbocycles. The smallest absolute Gasteiger partial charge is 0.255 e. The second kappa shape index (κ2) is 11.0. The van der Waals surface area contributed by atoms with Crippen LogP contribution in [-0.4, -0.2) is 43.6 Å². The predicted octanol–water partition coefficient (Wildman–Crippen LogP) is 3.40. The number of methoxy groups -OCH3 is 1. The van der Waals surface area contributed by atoms with Gasteiger partial charge in [0.1, 0.15) is 0 Å². The Bertz CT molecular complexity index is 1230. The van der Waals surface area contributed by atoms with Crippen molar-refractivity contribution in [2.24, 2.45) is 5.10 Å². The van der Waals surface area contributed by atoms with Crippen molar-refractivity contribution in [3.8, 4) is 11.5 Å². The first-order chi connectivity index (χ1) is 15.8. The number of phenols is 1. The Morgan fingerprint density at radius 2 is 1.82 bits per heavy atom. The third kappa shape index (κ3) is 6.55. The SMILES string of the molecule is COc1cc(/C=N\NC(=O)CN(Cc2ccccc2)S(=O)(=O)c2ccc(Cl)cc2)ccc1O. The third-order valence-electron chi connectivity index (χ3n) is 4.58. The van der Waals surface area contributed by atoms with E-state index in [4.69, 9.17) is 16.3 Å². The minimum absolute atomic E-state index is 0.00189. The monoisotopic (exact) mass is 487 g/mol. The summed E-state index contributed by atoms with van der Waals surface area (Å²) in [5.41, 5.74) is 3.63. The molecule has 0 radical (unpaired) electrons. The fourth-order valence-electron chi connectivity index (χ4n) is 2.92. The molecule has 2 N–H and O–H groups in total. The quantitative estimate of drug-likeness (QED) is 0.355. The lowest BCUT2D eigenvalue weighted by Gasteiger charge is -2.21. The largest absolute Gasteiger partial charge is 0.504 e. The zero-order valence-corrected chi connectivity index (χ0v) is 19.3. The topological polar surface area (TPSA) is 108 Å². The molecule has 0 saturated heterocycles. The highest BCUT2D eigenvalue weighted by Gasteiger charge is 2.27. The highest BCUT2D eigenvalue weighted by molar-refractivity contribution is 7.89. The van der Waals surface area contributed by atoms with E-state index in [0.29, 0.717) is 10.6 Å². The number of ether oxygens (including phenoxy) is 1. The normalized spacial score (nSPS) is 11.6. The van der Waals surface area contributed by atoms with Crippen LogP contribution in [-0.2, 0) is 21.4 Å². The van der Waals surface area contributed by atoms with Crippen molar-refractivity contribution in [3.63, 3.8) is 0 Å². The van der Waals surface area contributed by atoms with Gasteiger partial charge in [0.15, 0.2) is 11.5 Å². The number of carbonyl (C=O) groups excluding carboxylic acids is 1. The molecule has 3 rings (SSSR count).